The Morgan fingerprint density at radius 3 is 2.39 bits per heavy atom. The lowest BCUT2D eigenvalue weighted by Gasteiger charge is -2.35. The first kappa shape index (κ1) is 23.3. The summed E-state index contributed by atoms with van der Waals surface area (Å²) >= 11 is 0. The van der Waals surface area contributed by atoms with Gasteiger partial charge in [0.05, 0.1) is 26.6 Å². The number of nitrogens with zero attached hydrogens (tertiary/aromatic N) is 4. The number of aromatic nitrogens is 4. The molecule has 3 rings (SSSR count). The number of hydrogen-bond acceptors (Lipinski definition) is 8. The predicted molar refractivity (Wildman–Crippen MR) is 121 cm³/mol. The molecule has 1 aliphatic heterocycles. The summed E-state index contributed by atoms with van der Waals surface area (Å²) < 4.78 is 7.58. The van der Waals surface area contributed by atoms with Crippen molar-refractivity contribution in [2.75, 3.05) is 11.9 Å². The van der Waals surface area contributed by atoms with E-state index >= 15 is 0 Å². The van der Waals surface area contributed by atoms with Crippen LogP contribution in [0.3, 0.4) is 0 Å². The van der Waals surface area contributed by atoms with E-state index in [1.807, 2.05) is 0 Å². The Morgan fingerprint density at radius 1 is 1.16 bits per heavy atom. The molecular formula is C21H31N5O4Si. The second-order valence-corrected chi connectivity index (χ2v) is 14.1. The van der Waals surface area contributed by atoms with E-state index in [1.54, 1.807) is 4.57 Å². The number of aliphatic hydroxyl groups excluding tert-OH is 3. The monoisotopic (exact) mass is 445 g/mol. The second-order valence-electron chi connectivity index (χ2n) is 9.79. The summed E-state index contributed by atoms with van der Waals surface area (Å²) in [5, 5.41) is 35.5. The number of aliphatic hydroxyl groups is 3. The molecule has 0 aromatic carbocycles. The highest BCUT2D eigenvalue weighted by Crippen LogP contribution is 2.40. The molecule has 0 amide bonds. The highest BCUT2D eigenvalue weighted by Gasteiger charge is 2.48. The molecule has 1 aliphatic rings. The predicted octanol–water partition coefficient (Wildman–Crippen LogP) is 1.67. The van der Waals surface area contributed by atoms with Crippen LogP contribution in [0.4, 0.5) is 5.82 Å². The van der Waals surface area contributed by atoms with Gasteiger partial charge in [-0.2, -0.15) is 0 Å². The van der Waals surface area contributed by atoms with E-state index < -0.39 is 32.9 Å². The first-order valence-corrected chi connectivity index (χ1v) is 11.7. The van der Waals surface area contributed by atoms with Crippen molar-refractivity contribution < 1.29 is 20.1 Å². The number of imidazole rings is 1. The molecule has 2 aromatic rings. The molecule has 168 valence electrons. The van der Waals surface area contributed by atoms with Crippen molar-refractivity contribution in [1.29, 1.82) is 0 Å². The van der Waals surface area contributed by atoms with E-state index in [4.69, 9.17) is 11.2 Å². The maximum atomic E-state index is 11.2. The molecule has 3 heterocycles. The van der Waals surface area contributed by atoms with Crippen LogP contribution in [0.1, 0.15) is 47.8 Å². The topological polar surface area (TPSA) is 126 Å². The van der Waals surface area contributed by atoms with E-state index in [1.165, 1.54) is 12.7 Å². The van der Waals surface area contributed by atoms with Crippen LogP contribution in [-0.4, -0.2) is 73.5 Å². The van der Waals surface area contributed by atoms with Gasteiger partial charge in [-0.1, -0.05) is 47.5 Å². The molecule has 0 aliphatic carbocycles. The van der Waals surface area contributed by atoms with Crippen LogP contribution in [0.15, 0.2) is 12.7 Å². The molecule has 0 saturated carbocycles. The third kappa shape index (κ3) is 4.36. The van der Waals surface area contributed by atoms with Gasteiger partial charge in [-0.3, -0.25) is 4.57 Å². The zero-order valence-corrected chi connectivity index (χ0v) is 19.8. The van der Waals surface area contributed by atoms with Crippen molar-refractivity contribution in [1.82, 2.24) is 19.5 Å². The number of hydrogen-bond donors (Lipinski definition) is 4. The lowest BCUT2D eigenvalue weighted by Crippen LogP contribution is -2.44. The second kappa shape index (κ2) is 8.31. The number of terminal acetylenes is 1. The van der Waals surface area contributed by atoms with Crippen LogP contribution in [0.25, 0.3) is 11.2 Å². The summed E-state index contributed by atoms with van der Waals surface area (Å²) in [5.41, 5.74) is 0.886. The molecule has 1 fully saturated rings. The molecule has 10 heteroatoms. The number of fused-ring (bicyclic) bond motifs is 1. The van der Waals surface area contributed by atoms with Crippen molar-refractivity contribution in [3.63, 3.8) is 0 Å². The molecule has 2 aromatic heterocycles. The third-order valence-electron chi connectivity index (χ3n) is 5.25. The third-order valence-corrected chi connectivity index (χ3v) is 9.05. The highest BCUT2D eigenvalue weighted by molar-refractivity contribution is 6.74. The van der Waals surface area contributed by atoms with Crippen LogP contribution in [0.5, 0.6) is 0 Å². The summed E-state index contributed by atoms with van der Waals surface area (Å²) in [4.78, 5) is 12.7. The molecule has 31 heavy (non-hydrogen) atoms. The normalized spacial score (nSPS) is 24.2. The highest BCUT2D eigenvalue weighted by atomic mass is 28.2. The van der Waals surface area contributed by atoms with Gasteiger partial charge in [0.1, 0.15) is 24.6 Å². The van der Waals surface area contributed by atoms with Crippen molar-refractivity contribution in [2.24, 2.45) is 0 Å². The van der Waals surface area contributed by atoms with E-state index in [0.717, 1.165) is 0 Å². The fourth-order valence-corrected chi connectivity index (χ4v) is 8.76. The Kier molecular flexibility index (Phi) is 6.26. The number of nitrogens with one attached hydrogen (secondary N) is 1. The fraction of sp³-hybridized carbons (Fsp3) is 0.619. The Bertz CT molecular complexity index is 1020. The minimum atomic E-state index is -1.55. The number of anilines is 1. The first-order valence-electron chi connectivity index (χ1n) is 10.2. The molecule has 4 atom stereocenters. The van der Waals surface area contributed by atoms with E-state index in [9.17, 15) is 15.3 Å². The summed E-state index contributed by atoms with van der Waals surface area (Å²) in [6.45, 7) is 12.7. The van der Waals surface area contributed by atoms with Crippen LogP contribution in [-0.2, 0) is 4.74 Å². The zero-order chi connectivity index (χ0) is 23.1. The van der Waals surface area contributed by atoms with Crippen LogP contribution < -0.4 is 5.32 Å². The van der Waals surface area contributed by atoms with E-state index in [0.29, 0.717) is 17.0 Å². The van der Waals surface area contributed by atoms with Crippen molar-refractivity contribution >= 4 is 30.7 Å². The van der Waals surface area contributed by atoms with Crippen molar-refractivity contribution in [3.05, 3.63) is 12.7 Å². The van der Waals surface area contributed by atoms with Gasteiger partial charge >= 0.3 is 0 Å². The van der Waals surface area contributed by atoms with Crippen LogP contribution >= 0.6 is 0 Å². The average molecular weight is 446 g/mol. The van der Waals surface area contributed by atoms with E-state index in [2.05, 4.69) is 67.7 Å². The molecule has 1 saturated heterocycles. The summed E-state index contributed by atoms with van der Waals surface area (Å²) in [6, 6.07) is 0. The maximum Gasteiger partial charge on any atom is 0.167 e. The summed E-state index contributed by atoms with van der Waals surface area (Å²) in [7, 11) is -1.55. The standard InChI is InChI=1S/C21H31N5O4Si/c1-8-9-22-16-12-17(24-10-23-16)26(11-25-12)18-14(28)13(27)15(30-18)19(29)31(20(2,3)4)21(5,6)7/h1,10-11,13-15,18,27-29H,9H2,2-7H3,(H,22,23,24)/t13-,14+,15-,18+/m0/s1. The zero-order valence-electron chi connectivity index (χ0n) is 18.8. The maximum absolute atomic E-state index is 11.2. The van der Waals surface area contributed by atoms with Gasteiger partial charge in [-0.15, -0.1) is 6.42 Å². The Morgan fingerprint density at radius 2 is 1.81 bits per heavy atom. The Labute approximate surface area is 183 Å². The van der Waals surface area contributed by atoms with Gasteiger partial charge in [-0.05, 0) is 10.1 Å². The largest absolute Gasteiger partial charge is 0.515 e. The molecular weight excluding hydrogens is 414 g/mol. The lowest BCUT2D eigenvalue weighted by molar-refractivity contribution is -0.0233. The van der Waals surface area contributed by atoms with Gasteiger partial charge in [0.15, 0.2) is 23.2 Å². The molecule has 0 bridgehead atoms. The van der Waals surface area contributed by atoms with Gasteiger partial charge in [0.25, 0.3) is 0 Å². The Hall–Kier alpha value is -2.32. The molecule has 4 N–H and O–H groups in total. The molecule has 0 radical (unpaired) electrons. The molecule has 0 unspecified atom stereocenters. The van der Waals surface area contributed by atoms with E-state index in [-0.39, 0.29) is 22.0 Å². The van der Waals surface area contributed by atoms with Gasteiger partial charge in [0.2, 0.25) is 0 Å². The minimum Gasteiger partial charge on any atom is -0.515 e. The molecule has 9 nitrogen and oxygen atoms in total. The van der Waals surface area contributed by atoms with Crippen molar-refractivity contribution in [2.45, 2.75) is 76.2 Å². The van der Waals surface area contributed by atoms with Gasteiger partial charge < -0.3 is 25.4 Å². The lowest BCUT2D eigenvalue weighted by atomic mass is 10.1. The Balaban J connectivity index is 2.02. The quantitative estimate of drug-likeness (QED) is 0.414. The first-order chi connectivity index (χ1) is 14.4. The van der Waals surface area contributed by atoms with Crippen LogP contribution in [0, 0.1) is 12.3 Å². The van der Waals surface area contributed by atoms with Crippen LogP contribution in [0.2, 0.25) is 10.1 Å². The van der Waals surface area contributed by atoms with Gasteiger partial charge in [-0.25, -0.2) is 15.0 Å². The smallest absolute Gasteiger partial charge is 0.167 e. The summed E-state index contributed by atoms with van der Waals surface area (Å²) in [5.74, 6) is 2.94. The average Bonchev–Trinajstić information content (AvgIpc) is 3.19. The summed E-state index contributed by atoms with van der Waals surface area (Å²) in [6.07, 6.45) is 3.60. The molecule has 0 spiro atoms. The van der Waals surface area contributed by atoms with Crippen molar-refractivity contribution in [3.8, 4) is 12.3 Å². The number of ether oxygens (including phenoxy) is 1. The SMILES string of the molecule is C#CCNc1ncnc2c1ncn2[C@@H]1O[C@H](C(O)=[Si](C(C)(C)C)C(C)(C)C)[C@@H](O)[C@H]1O. The minimum absolute atomic E-state index is 0.120. The van der Waals surface area contributed by atoms with Gasteiger partial charge in [0, 0.05) is 0 Å². The number of rotatable bonds is 4. The fourth-order valence-electron chi connectivity index (χ4n) is 4.45.